The molecule has 0 spiro atoms. The number of esters is 1. The molecule has 0 aromatic heterocycles. The van der Waals surface area contributed by atoms with Crippen LogP contribution in [0.4, 0.5) is 10.1 Å². The summed E-state index contributed by atoms with van der Waals surface area (Å²) in [5.41, 5.74) is 0.959. The van der Waals surface area contributed by atoms with Gasteiger partial charge in [0.05, 0.1) is 5.69 Å². The van der Waals surface area contributed by atoms with Crippen LogP contribution in [0, 0.1) is 5.82 Å². The summed E-state index contributed by atoms with van der Waals surface area (Å²) in [6.45, 7) is -0.453. The van der Waals surface area contributed by atoms with E-state index >= 15 is 0 Å². The van der Waals surface area contributed by atoms with E-state index in [-0.39, 0.29) is 17.9 Å². The van der Waals surface area contributed by atoms with Crippen molar-refractivity contribution in [3.8, 4) is 0 Å². The summed E-state index contributed by atoms with van der Waals surface area (Å²) in [7, 11) is 0. The maximum atomic E-state index is 12.9. The van der Waals surface area contributed by atoms with Gasteiger partial charge in [-0.1, -0.05) is 23.9 Å². The molecular weight excluding hydrogens is 357 g/mol. The first kappa shape index (κ1) is 16.8. The summed E-state index contributed by atoms with van der Waals surface area (Å²) >= 11 is 1.29. The van der Waals surface area contributed by atoms with Gasteiger partial charge in [0.15, 0.2) is 17.3 Å². The van der Waals surface area contributed by atoms with Crippen LogP contribution in [0.5, 0.6) is 0 Å². The molecule has 4 rings (SSSR count). The van der Waals surface area contributed by atoms with Crippen LogP contribution in [-0.2, 0) is 14.3 Å². The van der Waals surface area contributed by atoms with Crippen molar-refractivity contribution in [2.24, 2.45) is 0 Å². The molecule has 2 aliphatic rings. The highest BCUT2D eigenvalue weighted by Gasteiger charge is 2.58. The van der Waals surface area contributed by atoms with E-state index in [2.05, 4.69) is 0 Å². The second kappa shape index (κ2) is 6.25. The van der Waals surface area contributed by atoms with Crippen LogP contribution in [-0.4, -0.2) is 29.1 Å². The number of benzene rings is 2. The Kier molecular flexibility index (Phi) is 4.03. The number of thioether (sulfide) groups is 1. The Morgan fingerprint density at radius 3 is 2.65 bits per heavy atom. The smallest absolute Gasteiger partial charge is 0.343 e. The normalized spacial score (nSPS) is 20.7. The van der Waals surface area contributed by atoms with E-state index in [9.17, 15) is 18.8 Å². The maximum Gasteiger partial charge on any atom is 0.343 e. The van der Waals surface area contributed by atoms with Gasteiger partial charge in [0, 0.05) is 23.3 Å². The second-order valence-electron chi connectivity index (χ2n) is 6.09. The standard InChI is InChI=1S/C19H14FNO4S/c20-13-7-5-12(6-8-13)15(22)11-25-18(24)19-10-9-17(23)21(19)14-3-1-2-4-16(14)26-19/h1-8H,9-11H2/t19-/m1/s1. The number of fused-ring (bicyclic) bond motifs is 3. The van der Waals surface area contributed by atoms with E-state index < -0.39 is 29.0 Å². The lowest BCUT2D eigenvalue weighted by molar-refractivity contribution is -0.145. The number of halogens is 1. The molecule has 0 bridgehead atoms. The molecular formula is C19H14FNO4S. The summed E-state index contributed by atoms with van der Waals surface area (Å²) in [5, 5.41) is 0. The third kappa shape index (κ3) is 2.59. The van der Waals surface area contributed by atoms with E-state index in [0.29, 0.717) is 12.1 Å². The quantitative estimate of drug-likeness (QED) is 0.610. The number of carbonyl (C=O) groups is 3. The average Bonchev–Trinajstić information content (AvgIpc) is 3.16. The Hall–Kier alpha value is -2.67. The minimum Gasteiger partial charge on any atom is -0.455 e. The number of anilines is 1. The Morgan fingerprint density at radius 1 is 1.15 bits per heavy atom. The molecule has 5 nitrogen and oxygen atoms in total. The molecule has 2 aromatic carbocycles. The number of rotatable bonds is 4. The van der Waals surface area contributed by atoms with Gasteiger partial charge in [0.2, 0.25) is 5.91 Å². The molecule has 0 radical (unpaired) electrons. The van der Waals surface area contributed by atoms with E-state index in [1.165, 1.54) is 40.9 Å². The molecule has 1 saturated heterocycles. The molecule has 2 heterocycles. The van der Waals surface area contributed by atoms with Crippen LogP contribution in [0.3, 0.4) is 0 Å². The largest absolute Gasteiger partial charge is 0.455 e. The van der Waals surface area contributed by atoms with Crippen molar-refractivity contribution >= 4 is 35.1 Å². The fourth-order valence-corrected chi connectivity index (χ4v) is 4.65. The predicted octanol–water partition coefficient (Wildman–Crippen LogP) is 3.18. The third-order valence-electron chi connectivity index (χ3n) is 4.49. The second-order valence-corrected chi connectivity index (χ2v) is 7.41. The first-order valence-electron chi connectivity index (χ1n) is 8.08. The highest BCUT2D eigenvalue weighted by atomic mass is 32.2. The minimum absolute atomic E-state index is 0.135. The zero-order valence-corrected chi connectivity index (χ0v) is 14.4. The van der Waals surface area contributed by atoms with Crippen LogP contribution in [0.1, 0.15) is 23.2 Å². The Morgan fingerprint density at radius 2 is 1.88 bits per heavy atom. The van der Waals surface area contributed by atoms with Gasteiger partial charge < -0.3 is 4.74 Å². The van der Waals surface area contributed by atoms with Crippen LogP contribution >= 0.6 is 11.8 Å². The Balaban J connectivity index is 1.52. The first-order valence-corrected chi connectivity index (χ1v) is 8.90. The molecule has 2 aromatic rings. The summed E-state index contributed by atoms with van der Waals surface area (Å²) < 4.78 is 18.2. The van der Waals surface area contributed by atoms with Gasteiger partial charge in [-0.2, -0.15) is 0 Å². The molecule has 0 aliphatic carbocycles. The molecule has 132 valence electrons. The molecule has 1 fully saturated rings. The van der Waals surface area contributed by atoms with Gasteiger partial charge in [0.1, 0.15) is 5.82 Å². The number of Topliss-reactive ketones (excluding diaryl/α,β-unsaturated/α-hetero) is 1. The maximum absolute atomic E-state index is 12.9. The molecule has 1 atom stereocenters. The van der Waals surface area contributed by atoms with Crippen molar-refractivity contribution in [3.63, 3.8) is 0 Å². The van der Waals surface area contributed by atoms with Crippen molar-refractivity contribution in [1.82, 2.24) is 0 Å². The SMILES string of the molecule is O=C(COC(=O)[C@]12CCC(=O)N1c1ccccc1S2)c1ccc(F)cc1. The fraction of sp³-hybridized carbons (Fsp3) is 0.211. The third-order valence-corrected chi connectivity index (χ3v) is 5.95. The molecule has 0 N–H and O–H groups in total. The number of ketones is 1. The van der Waals surface area contributed by atoms with Crippen LogP contribution in [0.2, 0.25) is 0 Å². The zero-order chi connectivity index (χ0) is 18.3. The summed E-state index contributed by atoms with van der Waals surface area (Å²) in [6.07, 6.45) is 0.580. The van der Waals surface area contributed by atoms with E-state index in [0.717, 1.165) is 4.90 Å². The lowest BCUT2D eigenvalue weighted by Gasteiger charge is -2.28. The van der Waals surface area contributed by atoms with E-state index in [1.807, 2.05) is 18.2 Å². The van der Waals surface area contributed by atoms with Gasteiger partial charge >= 0.3 is 5.97 Å². The molecule has 0 saturated carbocycles. The van der Waals surface area contributed by atoms with Gasteiger partial charge in [-0.15, -0.1) is 0 Å². The molecule has 7 heteroatoms. The van der Waals surface area contributed by atoms with Crippen molar-refractivity contribution < 1.29 is 23.5 Å². The molecule has 1 amide bonds. The lowest BCUT2D eigenvalue weighted by atomic mass is 10.1. The van der Waals surface area contributed by atoms with Crippen molar-refractivity contribution in [2.75, 3.05) is 11.5 Å². The molecule has 0 unspecified atom stereocenters. The first-order chi connectivity index (χ1) is 12.5. The fourth-order valence-electron chi connectivity index (χ4n) is 3.24. The van der Waals surface area contributed by atoms with E-state index in [1.54, 1.807) is 6.07 Å². The summed E-state index contributed by atoms with van der Waals surface area (Å²) in [4.78, 5) is 38.5. The predicted molar refractivity (Wildman–Crippen MR) is 93.4 cm³/mol. The highest BCUT2D eigenvalue weighted by molar-refractivity contribution is 8.02. The number of para-hydroxylation sites is 1. The summed E-state index contributed by atoms with van der Waals surface area (Å²) in [6, 6.07) is 12.3. The topological polar surface area (TPSA) is 63.7 Å². The monoisotopic (exact) mass is 371 g/mol. The highest BCUT2D eigenvalue weighted by Crippen LogP contribution is 2.56. The Labute approximate surface area is 153 Å². The van der Waals surface area contributed by atoms with E-state index in [4.69, 9.17) is 4.74 Å². The van der Waals surface area contributed by atoms with Gasteiger partial charge in [0.25, 0.3) is 0 Å². The lowest BCUT2D eigenvalue weighted by Crippen LogP contribution is -2.48. The number of carbonyl (C=O) groups excluding carboxylic acids is 3. The summed E-state index contributed by atoms with van der Waals surface area (Å²) in [5.74, 6) is -1.62. The van der Waals surface area contributed by atoms with Crippen LogP contribution < -0.4 is 4.90 Å². The number of amides is 1. The van der Waals surface area contributed by atoms with Crippen LogP contribution in [0.25, 0.3) is 0 Å². The molecule has 26 heavy (non-hydrogen) atoms. The number of nitrogens with zero attached hydrogens (tertiary/aromatic N) is 1. The van der Waals surface area contributed by atoms with Crippen molar-refractivity contribution in [2.45, 2.75) is 22.6 Å². The number of hydrogen-bond donors (Lipinski definition) is 0. The van der Waals surface area contributed by atoms with Gasteiger partial charge in [-0.25, -0.2) is 9.18 Å². The van der Waals surface area contributed by atoms with Crippen molar-refractivity contribution in [1.29, 1.82) is 0 Å². The van der Waals surface area contributed by atoms with Crippen molar-refractivity contribution in [3.05, 3.63) is 59.9 Å². The van der Waals surface area contributed by atoms with Gasteiger partial charge in [-0.3, -0.25) is 14.5 Å². The number of hydrogen-bond acceptors (Lipinski definition) is 5. The molecule has 2 aliphatic heterocycles. The minimum atomic E-state index is -1.15. The Bertz CT molecular complexity index is 914. The van der Waals surface area contributed by atoms with Gasteiger partial charge in [-0.05, 0) is 36.4 Å². The van der Waals surface area contributed by atoms with Crippen LogP contribution in [0.15, 0.2) is 53.4 Å². The number of ether oxygens (including phenoxy) is 1. The average molecular weight is 371 g/mol. The zero-order valence-electron chi connectivity index (χ0n) is 13.6.